The van der Waals surface area contributed by atoms with Crippen LogP contribution in [-0.4, -0.2) is 145 Å². The summed E-state index contributed by atoms with van der Waals surface area (Å²) in [6, 6.07) is -3.68. The Labute approximate surface area is 455 Å². The van der Waals surface area contributed by atoms with Crippen LogP contribution in [0.25, 0.3) is 10.9 Å². The zero-order chi connectivity index (χ0) is 58.1. The number of likely N-dealkylation sites (tertiary alicyclic amines) is 1. The number of rotatable bonds is 30. The summed E-state index contributed by atoms with van der Waals surface area (Å²) in [5, 5.41) is 29.5. The number of hydrogen-bond acceptors (Lipinski definition) is 12. The van der Waals surface area contributed by atoms with Crippen molar-refractivity contribution in [3.8, 4) is 0 Å². The molecule has 24 nitrogen and oxygen atoms in total. The van der Waals surface area contributed by atoms with Gasteiger partial charge in [0, 0.05) is 54.8 Å². The topological polar surface area (TPSA) is 375 Å². The summed E-state index contributed by atoms with van der Waals surface area (Å²) < 4.78 is 0. The average Bonchev–Trinajstić information content (AvgIpc) is 4.20. The molecule has 3 heterocycles. The van der Waals surface area contributed by atoms with Gasteiger partial charge in [0.1, 0.15) is 48.3 Å². The van der Waals surface area contributed by atoms with Crippen LogP contribution >= 0.6 is 0 Å². The number of hydrogen-bond donors (Lipinski definition) is 12. The molecule has 0 aliphatic carbocycles. The Balaban J connectivity index is 1.61. The molecule has 78 heavy (non-hydrogen) atoms. The highest BCUT2D eigenvalue weighted by molar-refractivity contribution is 5.99. The number of carboxylic acid groups (broad SMARTS) is 1. The Kier molecular flexibility index (Phi) is 23.8. The molecule has 0 bridgehead atoms. The minimum atomic E-state index is -1.49. The number of carbonyl (C=O) groups excluding carboxylic acids is 9. The molecular formula is C54H83N13O11. The van der Waals surface area contributed by atoms with E-state index in [-0.39, 0.29) is 69.2 Å². The molecular weight excluding hydrogens is 1010 g/mol. The lowest BCUT2D eigenvalue weighted by molar-refractivity contribution is -0.143. The molecule has 1 saturated heterocycles. The third-order valence-electron chi connectivity index (χ3n) is 13.7. The van der Waals surface area contributed by atoms with E-state index in [1.165, 1.54) is 17.4 Å². The van der Waals surface area contributed by atoms with Crippen molar-refractivity contribution in [2.45, 2.75) is 175 Å². The Morgan fingerprint density at radius 3 is 1.76 bits per heavy atom. The minimum Gasteiger partial charge on any atom is -0.480 e. The number of para-hydroxylation sites is 1. The number of aromatic nitrogens is 3. The van der Waals surface area contributed by atoms with Crippen molar-refractivity contribution in [1.82, 2.24) is 57.1 Å². The van der Waals surface area contributed by atoms with Crippen molar-refractivity contribution in [2.24, 2.45) is 41.1 Å². The highest BCUT2D eigenvalue weighted by Crippen LogP contribution is 2.23. The third kappa shape index (κ3) is 18.4. The maximum Gasteiger partial charge on any atom is 0.326 e. The second-order valence-corrected chi connectivity index (χ2v) is 22.2. The standard InChI is InChI=1S/C54H83N13O11/c1-27(2)20-37(62-50(73)43(56)29(5)6)47(70)65-44(30(7)8)51(74)63-39(23-33-25-57-26-59-33)53(76)67-19-13-16-41(67)49(72)60-36(17-18-42(55)68)46(69)61-38(22-32-24-58-35-15-12-11-14-34(32)35)48(71)66-45(31(9)10)52(75)64-40(54(77)78)21-28(3)4/h11-12,14-15,24-31,36-41,43-45,58H,13,16-23,56H2,1-10H3,(H2,55,68)(H,57,59)(H,60,72)(H,61,69)(H,62,73)(H,63,74)(H,64,75)(H,65,70)(H,66,71)(H,77,78)/t36-,37-,38-,39-,40-,41-,43-,44-,45-/m0/s1. The van der Waals surface area contributed by atoms with Crippen molar-refractivity contribution < 1.29 is 53.1 Å². The van der Waals surface area contributed by atoms with E-state index >= 15 is 0 Å². The zero-order valence-corrected chi connectivity index (χ0v) is 46.6. The molecule has 24 heteroatoms. The molecule has 1 fully saturated rings. The molecule has 4 rings (SSSR count). The van der Waals surface area contributed by atoms with Crippen LogP contribution in [0.2, 0.25) is 0 Å². The number of nitrogens with two attached hydrogens (primary N) is 2. The normalized spacial score (nSPS) is 16.7. The minimum absolute atomic E-state index is 0.0298. The van der Waals surface area contributed by atoms with Gasteiger partial charge >= 0.3 is 5.97 Å². The van der Waals surface area contributed by atoms with E-state index in [2.05, 4.69) is 52.2 Å². The van der Waals surface area contributed by atoms with Gasteiger partial charge in [-0.2, -0.15) is 0 Å². The number of benzene rings is 1. The molecule has 2 aromatic heterocycles. The SMILES string of the molecule is CC(C)C[C@H](NC(=O)[C@@H](NC(=O)[C@H](Cc1c[nH]c2ccccc12)NC(=O)[C@H](CCC(N)=O)NC(=O)[C@@H]1CCCN1C(=O)[C@H](Cc1cnc[nH]1)NC(=O)[C@@H](NC(=O)[C@H](CC(C)C)NC(=O)[C@@H](N)C(C)C)C(C)C)C(C)C)C(=O)O. The maximum absolute atomic E-state index is 14.7. The first kappa shape index (κ1) is 63.2. The van der Waals surface area contributed by atoms with E-state index in [9.17, 15) is 53.1 Å². The van der Waals surface area contributed by atoms with Crippen molar-refractivity contribution >= 4 is 70.0 Å². The van der Waals surface area contributed by atoms with Crippen LogP contribution < -0.4 is 48.7 Å². The van der Waals surface area contributed by atoms with Crippen molar-refractivity contribution in [1.29, 1.82) is 0 Å². The van der Waals surface area contributed by atoms with Gasteiger partial charge in [-0.15, -0.1) is 0 Å². The second-order valence-electron chi connectivity index (χ2n) is 22.2. The Hall–Kier alpha value is -7.37. The van der Waals surface area contributed by atoms with E-state index in [1.54, 1.807) is 53.8 Å². The van der Waals surface area contributed by atoms with Crippen LogP contribution in [0.1, 0.15) is 119 Å². The van der Waals surface area contributed by atoms with Crippen LogP contribution in [0.15, 0.2) is 43.0 Å². The molecule has 9 amide bonds. The van der Waals surface area contributed by atoms with Crippen LogP contribution in [0, 0.1) is 29.6 Å². The summed E-state index contributed by atoms with van der Waals surface area (Å²) in [6.45, 7) is 17.7. The largest absolute Gasteiger partial charge is 0.480 e. The van der Waals surface area contributed by atoms with Gasteiger partial charge in [-0.25, -0.2) is 9.78 Å². The summed E-state index contributed by atoms with van der Waals surface area (Å²) in [5.74, 6) is -9.13. The lowest BCUT2D eigenvalue weighted by Crippen LogP contribution is -2.61. The van der Waals surface area contributed by atoms with E-state index in [1.807, 2.05) is 45.9 Å². The number of fused-ring (bicyclic) bond motifs is 1. The average molecular weight is 1090 g/mol. The Morgan fingerprint density at radius 1 is 0.654 bits per heavy atom. The molecule has 0 unspecified atom stereocenters. The summed E-state index contributed by atoms with van der Waals surface area (Å²) in [4.78, 5) is 149. The van der Waals surface area contributed by atoms with Gasteiger partial charge in [-0.3, -0.25) is 43.2 Å². The number of H-pyrrole nitrogens is 2. The lowest BCUT2D eigenvalue weighted by Gasteiger charge is -2.32. The number of aromatic amines is 2. The van der Waals surface area contributed by atoms with E-state index < -0.39 is 125 Å². The summed E-state index contributed by atoms with van der Waals surface area (Å²) in [7, 11) is 0. The number of carboxylic acids is 1. The fourth-order valence-electron chi connectivity index (χ4n) is 9.21. The molecule has 430 valence electrons. The molecule has 0 spiro atoms. The van der Waals surface area contributed by atoms with Crippen molar-refractivity contribution in [2.75, 3.05) is 6.54 Å². The van der Waals surface area contributed by atoms with Crippen LogP contribution in [0.3, 0.4) is 0 Å². The zero-order valence-electron chi connectivity index (χ0n) is 46.6. The van der Waals surface area contributed by atoms with Gasteiger partial charge in [0.2, 0.25) is 53.2 Å². The number of primary amides is 1. The summed E-state index contributed by atoms with van der Waals surface area (Å²) in [5.41, 5.74) is 13.4. The van der Waals surface area contributed by atoms with Crippen LogP contribution in [0.5, 0.6) is 0 Å². The van der Waals surface area contributed by atoms with Gasteiger partial charge in [-0.05, 0) is 73.3 Å². The number of imidazole rings is 1. The van der Waals surface area contributed by atoms with Gasteiger partial charge in [-0.1, -0.05) is 87.4 Å². The van der Waals surface area contributed by atoms with Crippen molar-refractivity contribution in [3.05, 3.63) is 54.2 Å². The Morgan fingerprint density at radius 2 is 1.21 bits per heavy atom. The predicted octanol–water partition coefficient (Wildman–Crippen LogP) is 0.798. The maximum atomic E-state index is 14.7. The predicted molar refractivity (Wildman–Crippen MR) is 290 cm³/mol. The first-order chi connectivity index (χ1) is 36.7. The monoisotopic (exact) mass is 1090 g/mol. The number of nitrogens with one attached hydrogen (secondary N) is 9. The molecule has 3 aromatic rings. The molecule has 9 atom stereocenters. The fourth-order valence-corrected chi connectivity index (χ4v) is 9.21. The molecule has 0 radical (unpaired) electrons. The highest BCUT2D eigenvalue weighted by atomic mass is 16.4. The quantitative estimate of drug-likeness (QED) is 0.0440. The smallest absolute Gasteiger partial charge is 0.326 e. The van der Waals surface area contributed by atoms with Gasteiger partial charge in [0.15, 0.2) is 0 Å². The van der Waals surface area contributed by atoms with Gasteiger partial charge in [0.05, 0.1) is 12.4 Å². The van der Waals surface area contributed by atoms with E-state index in [4.69, 9.17) is 11.5 Å². The molecule has 1 aromatic carbocycles. The Bertz CT molecular complexity index is 2560. The lowest BCUT2D eigenvalue weighted by atomic mass is 9.98. The van der Waals surface area contributed by atoms with Crippen molar-refractivity contribution in [3.63, 3.8) is 0 Å². The molecule has 1 aliphatic rings. The van der Waals surface area contributed by atoms with Gasteiger partial charge in [0.25, 0.3) is 0 Å². The summed E-state index contributed by atoms with van der Waals surface area (Å²) >= 11 is 0. The van der Waals surface area contributed by atoms with Crippen LogP contribution in [-0.2, 0) is 60.8 Å². The molecule has 1 aliphatic heterocycles. The third-order valence-corrected chi connectivity index (χ3v) is 13.7. The number of amides is 9. The number of nitrogens with zero attached hydrogens (tertiary/aromatic N) is 2. The number of aliphatic carboxylic acids is 1. The van der Waals surface area contributed by atoms with E-state index in [0.29, 0.717) is 17.7 Å². The van der Waals surface area contributed by atoms with Crippen LogP contribution in [0.4, 0.5) is 0 Å². The molecule has 14 N–H and O–H groups in total. The first-order valence-corrected chi connectivity index (χ1v) is 26.9. The highest BCUT2D eigenvalue weighted by Gasteiger charge is 2.41. The second kappa shape index (κ2) is 29.4. The molecule has 0 saturated carbocycles. The number of carbonyl (C=O) groups is 10. The fraction of sp³-hybridized carbons (Fsp3) is 0.611. The first-order valence-electron chi connectivity index (χ1n) is 26.9. The van der Waals surface area contributed by atoms with Gasteiger partial charge < -0.3 is 68.7 Å². The summed E-state index contributed by atoms with van der Waals surface area (Å²) in [6.07, 6.45) is 4.50. The van der Waals surface area contributed by atoms with E-state index in [0.717, 1.165) is 10.9 Å².